The van der Waals surface area contributed by atoms with Gasteiger partial charge in [-0.15, -0.1) is 10.2 Å². The van der Waals surface area contributed by atoms with Crippen LogP contribution in [0.15, 0.2) is 41.5 Å². The summed E-state index contributed by atoms with van der Waals surface area (Å²) in [6.45, 7) is 0. The van der Waals surface area contributed by atoms with E-state index in [2.05, 4.69) is 25.7 Å². The Bertz CT molecular complexity index is 1190. The Labute approximate surface area is 166 Å². The van der Waals surface area contributed by atoms with Crippen molar-refractivity contribution >= 4 is 34.2 Å². The number of fused-ring (bicyclic) bond motifs is 3. The zero-order valence-electron chi connectivity index (χ0n) is 16.5. The number of anilines is 1. The Hall–Kier alpha value is -3.88. The monoisotopic (exact) mass is 392 g/mol. The minimum Gasteiger partial charge on any atom is -0.496 e. The van der Waals surface area contributed by atoms with Crippen LogP contribution in [0.4, 0.5) is 5.95 Å². The molecule has 9 heteroatoms. The maximum atomic E-state index is 5.41. The summed E-state index contributed by atoms with van der Waals surface area (Å²) in [6, 6.07) is 11.5. The molecule has 9 nitrogen and oxygen atoms in total. The van der Waals surface area contributed by atoms with Gasteiger partial charge in [0.1, 0.15) is 22.8 Å². The molecule has 29 heavy (non-hydrogen) atoms. The first-order valence-electron chi connectivity index (χ1n) is 8.83. The van der Waals surface area contributed by atoms with Crippen LogP contribution in [0, 0.1) is 0 Å². The molecule has 2 heterocycles. The lowest BCUT2D eigenvalue weighted by atomic mass is 10.2. The van der Waals surface area contributed by atoms with Gasteiger partial charge in [-0.3, -0.25) is 0 Å². The third kappa shape index (κ3) is 3.27. The zero-order valence-corrected chi connectivity index (χ0v) is 16.5. The maximum absolute atomic E-state index is 5.41. The number of benzene rings is 2. The van der Waals surface area contributed by atoms with Crippen LogP contribution in [0.2, 0.25) is 0 Å². The molecule has 0 aliphatic heterocycles. The molecule has 0 unspecified atom stereocenters. The summed E-state index contributed by atoms with van der Waals surface area (Å²) in [4.78, 5) is 4.54. The van der Waals surface area contributed by atoms with E-state index < -0.39 is 0 Å². The van der Waals surface area contributed by atoms with Crippen molar-refractivity contribution in [3.8, 4) is 17.2 Å². The molecule has 0 fully saturated rings. The summed E-state index contributed by atoms with van der Waals surface area (Å²) in [5.74, 6) is 2.04. The Morgan fingerprint density at radius 2 is 1.72 bits per heavy atom. The molecular formula is C20H20N6O3. The van der Waals surface area contributed by atoms with E-state index in [0.29, 0.717) is 22.8 Å². The van der Waals surface area contributed by atoms with Crippen molar-refractivity contribution in [2.75, 3.05) is 26.8 Å². The van der Waals surface area contributed by atoms with Gasteiger partial charge in [0.05, 0.1) is 38.6 Å². The third-order valence-electron chi connectivity index (χ3n) is 4.62. The lowest BCUT2D eigenvalue weighted by Gasteiger charge is -2.12. The molecule has 0 spiro atoms. The topological polar surface area (TPSA) is 95.7 Å². The molecule has 1 N–H and O–H groups in total. The number of rotatable bonds is 6. The summed E-state index contributed by atoms with van der Waals surface area (Å²) >= 11 is 0. The van der Waals surface area contributed by atoms with Crippen molar-refractivity contribution in [1.82, 2.24) is 19.7 Å². The number of hydrogen-bond acceptors (Lipinski definition) is 8. The average molecular weight is 392 g/mol. The van der Waals surface area contributed by atoms with Crippen LogP contribution < -0.4 is 19.6 Å². The van der Waals surface area contributed by atoms with Crippen LogP contribution in [-0.2, 0) is 7.05 Å². The highest BCUT2D eigenvalue weighted by molar-refractivity contribution is 6.04. The average Bonchev–Trinajstić information content (AvgIpc) is 3.05. The van der Waals surface area contributed by atoms with Crippen LogP contribution in [0.3, 0.4) is 0 Å². The summed E-state index contributed by atoms with van der Waals surface area (Å²) in [7, 11) is 6.66. The number of nitrogens with zero attached hydrogens (tertiary/aromatic N) is 5. The Kier molecular flexibility index (Phi) is 4.86. The minimum atomic E-state index is 0.283. The normalized spacial score (nSPS) is 11.3. The molecule has 2 aromatic heterocycles. The molecule has 0 aliphatic rings. The summed E-state index contributed by atoms with van der Waals surface area (Å²) in [5.41, 5.74) is 5.98. The van der Waals surface area contributed by atoms with Gasteiger partial charge in [-0.2, -0.15) is 10.1 Å². The largest absolute Gasteiger partial charge is 0.496 e. The summed E-state index contributed by atoms with van der Waals surface area (Å²) in [5, 5.41) is 13.7. The highest BCUT2D eigenvalue weighted by Gasteiger charge is 2.13. The summed E-state index contributed by atoms with van der Waals surface area (Å²) < 4.78 is 18.1. The fraction of sp³-hybridized carbons (Fsp3) is 0.200. The Morgan fingerprint density at radius 3 is 2.41 bits per heavy atom. The number of aromatic nitrogens is 4. The molecule has 0 saturated heterocycles. The van der Waals surface area contributed by atoms with E-state index in [9.17, 15) is 0 Å². The van der Waals surface area contributed by atoms with Gasteiger partial charge in [-0.1, -0.05) is 18.2 Å². The fourth-order valence-electron chi connectivity index (χ4n) is 3.17. The molecule has 0 radical (unpaired) electrons. The van der Waals surface area contributed by atoms with Gasteiger partial charge in [0.25, 0.3) is 5.95 Å². The molecule has 0 saturated carbocycles. The molecule has 4 rings (SSSR count). The van der Waals surface area contributed by atoms with Gasteiger partial charge >= 0.3 is 0 Å². The van der Waals surface area contributed by atoms with E-state index in [-0.39, 0.29) is 5.95 Å². The number of ether oxygens (including phenoxy) is 3. The van der Waals surface area contributed by atoms with Crippen LogP contribution in [0.25, 0.3) is 22.1 Å². The smallest absolute Gasteiger partial charge is 0.265 e. The zero-order chi connectivity index (χ0) is 20.4. The fourth-order valence-corrected chi connectivity index (χ4v) is 3.17. The molecule has 2 aromatic carbocycles. The third-order valence-corrected chi connectivity index (χ3v) is 4.62. The molecule has 0 aliphatic carbocycles. The van der Waals surface area contributed by atoms with Gasteiger partial charge in [0, 0.05) is 24.6 Å². The van der Waals surface area contributed by atoms with Crippen molar-refractivity contribution in [2.24, 2.45) is 12.1 Å². The van der Waals surface area contributed by atoms with E-state index in [1.54, 1.807) is 39.7 Å². The van der Waals surface area contributed by atoms with Crippen LogP contribution in [0.1, 0.15) is 5.56 Å². The lowest BCUT2D eigenvalue weighted by Crippen LogP contribution is -2.02. The standard InChI is InChI=1S/C20H20N6O3/c1-26-15-8-6-5-7-13(15)18-19(26)22-20(25-23-18)24-21-11-14-16(28-3)9-12(27-2)10-17(14)29-4/h5-11H,1-4H3,(H,22,24,25)/b21-11+. The Balaban J connectivity index is 1.65. The predicted octanol–water partition coefficient (Wildman–Crippen LogP) is 2.99. The van der Waals surface area contributed by atoms with E-state index in [4.69, 9.17) is 14.2 Å². The number of hydrogen-bond donors (Lipinski definition) is 1. The second-order valence-electron chi connectivity index (χ2n) is 6.20. The predicted molar refractivity (Wildman–Crippen MR) is 111 cm³/mol. The maximum Gasteiger partial charge on any atom is 0.265 e. The minimum absolute atomic E-state index is 0.283. The molecular weight excluding hydrogens is 372 g/mol. The summed E-state index contributed by atoms with van der Waals surface area (Å²) in [6.07, 6.45) is 1.58. The first-order chi connectivity index (χ1) is 14.2. The molecule has 0 atom stereocenters. The van der Waals surface area contributed by atoms with Crippen LogP contribution in [0.5, 0.6) is 17.2 Å². The van der Waals surface area contributed by atoms with Gasteiger partial charge < -0.3 is 18.8 Å². The van der Waals surface area contributed by atoms with E-state index >= 15 is 0 Å². The highest BCUT2D eigenvalue weighted by atomic mass is 16.5. The van der Waals surface area contributed by atoms with Crippen molar-refractivity contribution in [1.29, 1.82) is 0 Å². The van der Waals surface area contributed by atoms with Gasteiger partial charge in [-0.05, 0) is 6.07 Å². The van der Waals surface area contributed by atoms with Crippen LogP contribution in [-0.4, -0.2) is 47.3 Å². The Morgan fingerprint density at radius 1 is 1.00 bits per heavy atom. The number of methoxy groups -OCH3 is 3. The number of para-hydroxylation sites is 1. The second-order valence-corrected chi connectivity index (χ2v) is 6.20. The first-order valence-corrected chi connectivity index (χ1v) is 8.83. The highest BCUT2D eigenvalue weighted by Crippen LogP contribution is 2.32. The number of nitrogens with one attached hydrogen (secondary N) is 1. The van der Waals surface area contributed by atoms with Crippen molar-refractivity contribution in [3.05, 3.63) is 42.0 Å². The van der Waals surface area contributed by atoms with E-state index in [1.807, 2.05) is 35.9 Å². The van der Waals surface area contributed by atoms with E-state index in [1.165, 1.54) is 0 Å². The quantitative estimate of drug-likeness (QED) is 0.398. The number of aryl methyl sites for hydroxylation is 1. The lowest BCUT2D eigenvalue weighted by molar-refractivity contribution is 0.374. The van der Waals surface area contributed by atoms with Crippen molar-refractivity contribution in [3.63, 3.8) is 0 Å². The van der Waals surface area contributed by atoms with Gasteiger partial charge in [0.15, 0.2) is 5.65 Å². The van der Waals surface area contributed by atoms with Crippen molar-refractivity contribution in [2.45, 2.75) is 0 Å². The molecule has 0 bridgehead atoms. The van der Waals surface area contributed by atoms with Gasteiger partial charge in [0.2, 0.25) is 0 Å². The molecule has 4 aromatic rings. The number of hydrazone groups is 1. The van der Waals surface area contributed by atoms with Gasteiger partial charge in [-0.25, -0.2) is 5.43 Å². The van der Waals surface area contributed by atoms with Crippen LogP contribution >= 0.6 is 0 Å². The molecule has 148 valence electrons. The van der Waals surface area contributed by atoms with Crippen molar-refractivity contribution < 1.29 is 14.2 Å². The van der Waals surface area contributed by atoms with E-state index in [0.717, 1.165) is 22.1 Å². The second kappa shape index (κ2) is 7.63. The first kappa shape index (κ1) is 18.5. The molecule has 0 amide bonds. The SMILES string of the molecule is COc1cc(OC)c(/C=N/Nc2nnc3c4ccccc4n(C)c3n2)c(OC)c1.